The molecule has 1 aliphatic rings. The normalized spacial score (nSPS) is 15.2. The van der Waals surface area contributed by atoms with Gasteiger partial charge in [0.25, 0.3) is 0 Å². The van der Waals surface area contributed by atoms with Crippen LogP contribution in [-0.4, -0.2) is 21.0 Å². The molecule has 0 spiro atoms. The van der Waals surface area contributed by atoms with E-state index in [0.29, 0.717) is 5.92 Å². The first-order valence-corrected chi connectivity index (χ1v) is 8.42. The van der Waals surface area contributed by atoms with Crippen LogP contribution in [0.5, 0.6) is 23.0 Å². The number of hydrogen-bond donors (Lipinski definition) is 0. The SMILES string of the molecule is C/C=C/[C@@H](C)[C@H](c1ccc(OC)c(OC)c1)c1ccc2c(c1)OCO2. The Morgan fingerprint density at radius 3 is 2.32 bits per heavy atom. The summed E-state index contributed by atoms with van der Waals surface area (Å²) < 4.78 is 21.9. The molecule has 0 unspecified atom stereocenters. The third-order valence-electron chi connectivity index (χ3n) is 4.54. The number of ether oxygens (including phenoxy) is 4. The second kappa shape index (κ2) is 7.51. The van der Waals surface area contributed by atoms with Gasteiger partial charge in [-0.2, -0.15) is 0 Å². The fourth-order valence-corrected chi connectivity index (χ4v) is 3.37. The van der Waals surface area contributed by atoms with Crippen molar-refractivity contribution >= 4 is 0 Å². The van der Waals surface area contributed by atoms with Crippen LogP contribution in [0.1, 0.15) is 30.9 Å². The van der Waals surface area contributed by atoms with Gasteiger partial charge in [-0.15, -0.1) is 0 Å². The fraction of sp³-hybridized carbons (Fsp3) is 0.333. The van der Waals surface area contributed by atoms with Crippen LogP contribution in [0.2, 0.25) is 0 Å². The highest BCUT2D eigenvalue weighted by Crippen LogP contribution is 2.41. The molecule has 0 radical (unpaired) electrons. The topological polar surface area (TPSA) is 36.9 Å². The molecule has 0 amide bonds. The third kappa shape index (κ3) is 3.43. The second-order valence-corrected chi connectivity index (χ2v) is 6.09. The zero-order valence-electron chi connectivity index (χ0n) is 15.1. The van der Waals surface area contributed by atoms with E-state index in [-0.39, 0.29) is 12.7 Å². The highest BCUT2D eigenvalue weighted by Gasteiger charge is 2.24. The van der Waals surface area contributed by atoms with Gasteiger partial charge in [0, 0.05) is 5.92 Å². The first kappa shape index (κ1) is 17.2. The van der Waals surface area contributed by atoms with E-state index in [4.69, 9.17) is 18.9 Å². The van der Waals surface area contributed by atoms with Crippen LogP contribution in [0.15, 0.2) is 48.6 Å². The van der Waals surface area contributed by atoms with Crippen LogP contribution < -0.4 is 18.9 Å². The summed E-state index contributed by atoms with van der Waals surface area (Å²) in [4.78, 5) is 0. The molecule has 0 saturated heterocycles. The Labute approximate surface area is 149 Å². The first-order valence-electron chi connectivity index (χ1n) is 8.42. The molecule has 0 bridgehead atoms. The maximum Gasteiger partial charge on any atom is 0.231 e. The van der Waals surface area contributed by atoms with Crippen LogP contribution in [0.25, 0.3) is 0 Å². The van der Waals surface area contributed by atoms with Crippen LogP contribution in [0.4, 0.5) is 0 Å². The van der Waals surface area contributed by atoms with E-state index in [1.165, 1.54) is 11.1 Å². The van der Waals surface area contributed by atoms with Crippen LogP contribution in [0, 0.1) is 5.92 Å². The zero-order chi connectivity index (χ0) is 17.8. The van der Waals surface area contributed by atoms with Crippen molar-refractivity contribution in [1.29, 1.82) is 0 Å². The lowest BCUT2D eigenvalue weighted by Crippen LogP contribution is -2.10. The molecule has 0 saturated carbocycles. The van der Waals surface area contributed by atoms with Crippen molar-refractivity contribution in [2.75, 3.05) is 21.0 Å². The smallest absolute Gasteiger partial charge is 0.231 e. The summed E-state index contributed by atoms with van der Waals surface area (Å²) in [5, 5.41) is 0. The van der Waals surface area contributed by atoms with Crippen molar-refractivity contribution in [3.63, 3.8) is 0 Å². The molecule has 0 aliphatic carbocycles. The Morgan fingerprint density at radius 2 is 1.60 bits per heavy atom. The summed E-state index contributed by atoms with van der Waals surface area (Å²) >= 11 is 0. The summed E-state index contributed by atoms with van der Waals surface area (Å²) in [5.74, 6) is 3.55. The highest BCUT2D eigenvalue weighted by atomic mass is 16.7. The molecule has 2 aromatic carbocycles. The minimum atomic E-state index is 0.172. The number of fused-ring (bicyclic) bond motifs is 1. The summed E-state index contributed by atoms with van der Waals surface area (Å²) in [6.45, 7) is 4.54. The maximum absolute atomic E-state index is 5.56. The molecule has 1 aliphatic heterocycles. The van der Waals surface area contributed by atoms with E-state index in [9.17, 15) is 0 Å². The molecule has 2 aromatic rings. The van der Waals surface area contributed by atoms with Crippen molar-refractivity contribution < 1.29 is 18.9 Å². The van der Waals surface area contributed by atoms with Gasteiger partial charge < -0.3 is 18.9 Å². The molecule has 0 N–H and O–H groups in total. The Hall–Kier alpha value is -2.62. The monoisotopic (exact) mass is 340 g/mol. The van der Waals surface area contributed by atoms with Gasteiger partial charge in [0.15, 0.2) is 23.0 Å². The lowest BCUT2D eigenvalue weighted by molar-refractivity contribution is 0.174. The van der Waals surface area contributed by atoms with E-state index in [0.717, 1.165) is 23.0 Å². The fourth-order valence-electron chi connectivity index (χ4n) is 3.37. The van der Waals surface area contributed by atoms with Gasteiger partial charge >= 0.3 is 0 Å². The van der Waals surface area contributed by atoms with E-state index in [2.05, 4.69) is 37.3 Å². The summed E-state index contributed by atoms with van der Waals surface area (Å²) in [6.07, 6.45) is 4.30. The largest absolute Gasteiger partial charge is 0.493 e. The van der Waals surface area contributed by atoms with Gasteiger partial charge in [0.2, 0.25) is 6.79 Å². The average Bonchev–Trinajstić information content (AvgIpc) is 3.10. The molecule has 25 heavy (non-hydrogen) atoms. The van der Waals surface area contributed by atoms with Crippen molar-refractivity contribution in [2.45, 2.75) is 19.8 Å². The summed E-state index contributed by atoms with van der Waals surface area (Å²) in [7, 11) is 3.31. The quantitative estimate of drug-likeness (QED) is 0.709. The molecule has 3 rings (SSSR count). The van der Waals surface area contributed by atoms with E-state index >= 15 is 0 Å². The van der Waals surface area contributed by atoms with Crippen molar-refractivity contribution in [1.82, 2.24) is 0 Å². The number of rotatable bonds is 6. The van der Waals surface area contributed by atoms with Crippen molar-refractivity contribution in [3.8, 4) is 23.0 Å². The van der Waals surface area contributed by atoms with E-state index in [1.54, 1.807) is 14.2 Å². The van der Waals surface area contributed by atoms with Gasteiger partial charge in [0.05, 0.1) is 14.2 Å². The molecule has 4 nitrogen and oxygen atoms in total. The van der Waals surface area contributed by atoms with Crippen molar-refractivity contribution in [2.24, 2.45) is 5.92 Å². The molecule has 0 aromatic heterocycles. The number of methoxy groups -OCH3 is 2. The summed E-state index contributed by atoms with van der Waals surface area (Å²) in [5.41, 5.74) is 2.35. The third-order valence-corrected chi connectivity index (χ3v) is 4.54. The minimum absolute atomic E-state index is 0.172. The lowest BCUT2D eigenvalue weighted by atomic mass is 9.81. The Bertz CT molecular complexity index is 766. The highest BCUT2D eigenvalue weighted by molar-refractivity contribution is 5.50. The Morgan fingerprint density at radius 1 is 0.920 bits per heavy atom. The maximum atomic E-state index is 5.56. The minimum Gasteiger partial charge on any atom is -0.493 e. The predicted octanol–water partition coefficient (Wildman–Crippen LogP) is 4.78. The molecule has 2 atom stereocenters. The van der Waals surface area contributed by atoms with Crippen LogP contribution in [0.3, 0.4) is 0 Å². The van der Waals surface area contributed by atoms with Gasteiger partial charge in [-0.25, -0.2) is 0 Å². The Balaban J connectivity index is 2.06. The van der Waals surface area contributed by atoms with Gasteiger partial charge in [-0.3, -0.25) is 0 Å². The standard InChI is InChI=1S/C21H24O4/c1-5-6-14(2)21(15-7-9-17(22-3)19(11-15)23-4)16-8-10-18-20(12-16)25-13-24-18/h5-12,14,21H,13H2,1-4H3/b6-5+/t14-,21-/m1/s1. The predicted molar refractivity (Wildman–Crippen MR) is 97.9 cm³/mol. The lowest BCUT2D eigenvalue weighted by Gasteiger charge is -2.24. The van der Waals surface area contributed by atoms with E-state index in [1.807, 2.05) is 25.1 Å². The van der Waals surface area contributed by atoms with E-state index < -0.39 is 0 Å². The molecule has 4 heteroatoms. The molecule has 0 fully saturated rings. The van der Waals surface area contributed by atoms with Gasteiger partial charge in [-0.1, -0.05) is 31.2 Å². The Kier molecular flexibility index (Phi) is 5.17. The number of allylic oxidation sites excluding steroid dienone is 2. The molecule has 132 valence electrons. The zero-order valence-corrected chi connectivity index (χ0v) is 15.1. The number of benzene rings is 2. The molecular formula is C21H24O4. The van der Waals surface area contributed by atoms with Crippen molar-refractivity contribution in [3.05, 3.63) is 59.7 Å². The van der Waals surface area contributed by atoms with Crippen LogP contribution in [-0.2, 0) is 0 Å². The molecule has 1 heterocycles. The number of hydrogen-bond acceptors (Lipinski definition) is 4. The van der Waals surface area contributed by atoms with Gasteiger partial charge in [-0.05, 0) is 48.2 Å². The van der Waals surface area contributed by atoms with Crippen LogP contribution >= 0.6 is 0 Å². The first-order chi connectivity index (χ1) is 12.2. The average molecular weight is 340 g/mol. The molecular weight excluding hydrogens is 316 g/mol. The summed E-state index contributed by atoms with van der Waals surface area (Å²) in [6, 6.07) is 12.3. The van der Waals surface area contributed by atoms with Gasteiger partial charge in [0.1, 0.15) is 0 Å². The second-order valence-electron chi connectivity index (χ2n) is 6.09.